The molecule has 1 aliphatic rings. The van der Waals surface area contributed by atoms with Crippen molar-refractivity contribution < 1.29 is 0 Å². The van der Waals surface area contributed by atoms with Gasteiger partial charge in [0.15, 0.2) is 0 Å². The van der Waals surface area contributed by atoms with Crippen LogP contribution in [0.25, 0.3) is 109 Å². The quantitative estimate of drug-likeness (QED) is 0.161. The highest BCUT2D eigenvalue weighted by Crippen LogP contribution is 2.53. The first-order chi connectivity index (χ1) is 26.0. The van der Waals surface area contributed by atoms with Gasteiger partial charge in [-0.3, -0.25) is 0 Å². The van der Waals surface area contributed by atoms with Crippen molar-refractivity contribution in [2.45, 2.75) is 19.3 Å². The number of hydrogen-bond acceptors (Lipinski definition) is 0. The van der Waals surface area contributed by atoms with Crippen molar-refractivity contribution in [1.82, 2.24) is 0 Å². The monoisotopic (exact) mass is 670 g/mol. The van der Waals surface area contributed by atoms with E-state index in [-0.39, 0.29) is 5.41 Å². The lowest BCUT2D eigenvalue weighted by Crippen LogP contribution is -2.14. The molecule has 0 aliphatic heterocycles. The second kappa shape index (κ2) is 10.3. The van der Waals surface area contributed by atoms with E-state index in [1.54, 1.807) is 0 Å². The summed E-state index contributed by atoms with van der Waals surface area (Å²) in [6.07, 6.45) is 0. The molecule has 246 valence electrons. The Morgan fingerprint density at radius 2 is 0.774 bits per heavy atom. The van der Waals surface area contributed by atoms with Gasteiger partial charge >= 0.3 is 0 Å². The predicted molar refractivity (Wildman–Crippen MR) is 229 cm³/mol. The summed E-state index contributed by atoms with van der Waals surface area (Å²) in [7, 11) is 0. The number of rotatable bonds is 2. The Morgan fingerprint density at radius 1 is 0.283 bits per heavy atom. The van der Waals surface area contributed by atoms with Crippen LogP contribution in [0.2, 0.25) is 0 Å². The van der Waals surface area contributed by atoms with Gasteiger partial charge in [0.1, 0.15) is 0 Å². The first-order valence-electron chi connectivity index (χ1n) is 18.8. The number of hydrogen-bond donors (Lipinski definition) is 0. The average molecular weight is 671 g/mol. The van der Waals surface area contributed by atoms with Gasteiger partial charge in [-0.2, -0.15) is 0 Å². The zero-order chi connectivity index (χ0) is 35.0. The molecule has 0 spiro atoms. The lowest BCUT2D eigenvalue weighted by molar-refractivity contribution is 0.661. The maximum atomic E-state index is 2.50. The SMILES string of the molecule is CC1(C)c2ccc(-c3ccc(-c4ccc5ccc6cccc7ccc4c5c67)c4ccccc34)cc2-c2cc3c4ccccc4c4ccccc4c3cc21. The molecule has 0 fully saturated rings. The topological polar surface area (TPSA) is 0 Å². The van der Waals surface area contributed by atoms with Gasteiger partial charge in [0.2, 0.25) is 0 Å². The minimum Gasteiger partial charge on any atom is -0.0616 e. The molecular weight excluding hydrogens is 637 g/mol. The van der Waals surface area contributed by atoms with Crippen molar-refractivity contribution in [1.29, 1.82) is 0 Å². The van der Waals surface area contributed by atoms with Crippen LogP contribution in [0.3, 0.4) is 0 Å². The van der Waals surface area contributed by atoms with E-state index in [9.17, 15) is 0 Å². The summed E-state index contributed by atoms with van der Waals surface area (Å²) < 4.78 is 0. The molecule has 0 aromatic heterocycles. The largest absolute Gasteiger partial charge is 0.0616 e. The molecule has 0 N–H and O–H groups in total. The van der Waals surface area contributed by atoms with Crippen LogP contribution < -0.4 is 0 Å². The van der Waals surface area contributed by atoms with Gasteiger partial charge in [-0.05, 0) is 138 Å². The Morgan fingerprint density at radius 3 is 1.47 bits per heavy atom. The van der Waals surface area contributed by atoms with Crippen LogP contribution in [0.15, 0.2) is 170 Å². The summed E-state index contributed by atoms with van der Waals surface area (Å²) in [5.41, 5.74) is 10.5. The van der Waals surface area contributed by atoms with Crippen molar-refractivity contribution in [3.05, 3.63) is 181 Å². The maximum Gasteiger partial charge on any atom is 0.0159 e. The molecule has 53 heavy (non-hydrogen) atoms. The fourth-order valence-electron chi connectivity index (χ4n) is 10.1. The molecule has 0 radical (unpaired) electrons. The van der Waals surface area contributed by atoms with Crippen molar-refractivity contribution in [2.24, 2.45) is 0 Å². The standard InChI is InChI=1S/C53H34/c1-53(2)49-27-22-34(28-47(49)48-29-45-40-16-7-5-14-38(40)39-15-6-8-17-41(39)46(45)30-50(48)53)35-25-26-42(37-13-4-3-12-36(35)37)43-23-20-33-19-18-31-10-9-11-32-21-24-44(43)52(33)51(31)32/h3-30H,1-2H3. The van der Waals surface area contributed by atoms with E-state index in [4.69, 9.17) is 0 Å². The van der Waals surface area contributed by atoms with E-state index >= 15 is 0 Å². The van der Waals surface area contributed by atoms with Crippen LogP contribution in [0.4, 0.5) is 0 Å². The normalized spacial score (nSPS) is 13.6. The molecule has 0 heterocycles. The van der Waals surface area contributed by atoms with E-state index in [0.717, 1.165) is 0 Å². The van der Waals surface area contributed by atoms with Gasteiger partial charge in [-0.1, -0.05) is 166 Å². The third kappa shape index (κ3) is 3.85. The third-order valence-electron chi connectivity index (χ3n) is 12.6. The molecule has 11 aromatic carbocycles. The summed E-state index contributed by atoms with van der Waals surface area (Å²) in [6.45, 7) is 4.79. The fraction of sp³-hybridized carbons (Fsp3) is 0.0566. The van der Waals surface area contributed by atoms with Crippen LogP contribution in [-0.4, -0.2) is 0 Å². The highest BCUT2D eigenvalue weighted by Gasteiger charge is 2.36. The Bertz CT molecular complexity index is 3340. The zero-order valence-electron chi connectivity index (χ0n) is 29.7. The van der Waals surface area contributed by atoms with Crippen LogP contribution in [0, 0.1) is 0 Å². The molecule has 1 aliphatic carbocycles. The molecule has 0 atom stereocenters. The molecule has 0 bridgehead atoms. The smallest absolute Gasteiger partial charge is 0.0159 e. The third-order valence-corrected chi connectivity index (χ3v) is 12.6. The van der Waals surface area contributed by atoms with Gasteiger partial charge in [-0.25, -0.2) is 0 Å². The summed E-state index contributed by atoms with van der Waals surface area (Å²) in [6, 6.07) is 64.2. The van der Waals surface area contributed by atoms with E-state index < -0.39 is 0 Å². The number of fused-ring (bicyclic) bond motifs is 10. The molecule has 0 heteroatoms. The summed E-state index contributed by atoms with van der Waals surface area (Å²) in [4.78, 5) is 0. The minimum absolute atomic E-state index is 0.106. The van der Waals surface area contributed by atoms with E-state index in [2.05, 4.69) is 184 Å². The molecular formula is C53H34. The minimum atomic E-state index is -0.106. The highest BCUT2D eigenvalue weighted by atomic mass is 14.4. The zero-order valence-corrected chi connectivity index (χ0v) is 29.7. The predicted octanol–water partition coefficient (Wildman–Crippen LogP) is 14.8. The molecule has 11 aromatic rings. The Kier molecular flexibility index (Phi) is 5.66. The molecule has 0 nitrogen and oxygen atoms in total. The Hall–Kier alpha value is -6.50. The molecule has 0 amide bonds. The van der Waals surface area contributed by atoms with Gasteiger partial charge in [0, 0.05) is 5.41 Å². The van der Waals surface area contributed by atoms with Crippen molar-refractivity contribution in [3.8, 4) is 33.4 Å². The first-order valence-corrected chi connectivity index (χ1v) is 18.8. The molecule has 0 unspecified atom stereocenters. The summed E-state index contributed by atoms with van der Waals surface area (Å²) in [5.74, 6) is 0. The van der Waals surface area contributed by atoms with Crippen molar-refractivity contribution in [3.63, 3.8) is 0 Å². The molecule has 12 rings (SSSR count). The summed E-state index contributed by atoms with van der Waals surface area (Å²) >= 11 is 0. The van der Waals surface area contributed by atoms with E-state index in [1.807, 2.05) is 0 Å². The second-order valence-corrected chi connectivity index (χ2v) is 15.6. The lowest BCUT2D eigenvalue weighted by Gasteiger charge is -2.22. The highest BCUT2D eigenvalue weighted by molar-refractivity contribution is 6.27. The summed E-state index contributed by atoms with van der Waals surface area (Å²) in [5, 5.41) is 18.5. The van der Waals surface area contributed by atoms with E-state index in [0.29, 0.717) is 0 Å². The number of benzene rings is 11. The van der Waals surface area contributed by atoms with Crippen molar-refractivity contribution >= 4 is 75.4 Å². The van der Waals surface area contributed by atoms with Crippen LogP contribution in [-0.2, 0) is 5.41 Å². The average Bonchev–Trinajstić information content (AvgIpc) is 3.43. The first kappa shape index (κ1) is 29.1. The molecule has 0 saturated carbocycles. The van der Waals surface area contributed by atoms with Crippen LogP contribution in [0.1, 0.15) is 25.0 Å². The van der Waals surface area contributed by atoms with E-state index in [1.165, 1.54) is 120 Å². The second-order valence-electron chi connectivity index (χ2n) is 15.6. The fourth-order valence-corrected chi connectivity index (χ4v) is 10.1. The molecule has 0 saturated heterocycles. The maximum absolute atomic E-state index is 2.50. The van der Waals surface area contributed by atoms with Gasteiger partial charge in [0.05, 0.1) is 0 Å². The lowest BCUT2D eigenvalue weighted by atomic mass is 9.81. The van der Waals surface area contributed by atoms with Gasteiger partial charge < -0.3 is 0 Å². The van der Waals surface area contributed by atoms with Crippen LogP contribution >= 0.6 is 0 Å². The van der Waals surface area contributed by atoms with Crippen LogP contribution in [0.5, 0.6) is 0 Å². The van der Waals surface area contributed by atoms with Gasteiger partial charge in [0.25, 0.3) is 0 Å². The van der Waals surface area contributed by atoms with Gasteiger partial charge in [-0.15, -0.1) is 0 Å². The van der Waals surface area contributed by atoms with Crippen molar-refractivity contribution in [2.75, 3.05) is 0 Å². The Labute approximate surface area is 307 Å². The Balaban J connectivity index is 1.07.